The van der Waals surface area contributed by atoms with E-state index < -0.39 is 0 Å². The predicted octanol–water partition coefficient (Wildman–Crippen LogP) is 10.0. The molecule has 7 nitrogen and oxygen atoms in total. The van der Waals surface area contributed by atoms with E-state index in [2.05, 4.69) is 46.0 Å². The molecule has 0 bridgehead atoms. The molecule has 0 aromatic heterocycles. The molecule has 10 heteroatoms. The smallest absolute Gasteiger partial charge is 0.306 e. The predicted molar refractivity (Wildman–Crippen MR) is 234 cm³/mol. The van der Waals surface area contributed by atoms with E-state index >= 15 is 0 Å². The lowest BCUT2D eigenvalue weighted by Gasteiger charge is -2.58. The molecule has 0 aliphatic heterocycles. The van der Waals surface area contributed by atoms with Crippen LogP contribution in [0.4, 0.5) is 0 Å². The third-order valence-electron chi connectivity index (χ3n) is 14.3. The van der Waals surface area contributed by atoms with Gasteiger partial charge in [-0.1, -0.05) is 65.5 Å². The molecule has 0 aromatic carbocycles. The largest absolute Gasteiger partial charge is 0.462 e. The van der Waals surface area contributed by atoms with Crippen LogP contribution in [0.5, 0.6) is 0 Å². The van der Waals surface area contributed by atoms with Gasteiger partial charge >= 0.3 is 5.97 Å². The number of nitrogens with one attached hydrogen (secondary N) is 1. The van der Waals surface area contributed by atoms with E-state index in [4.69, 9.17) is 16.2 Å². The zero-order chi connectivity index (χ0) is 37.2. The molecule has 5 N–H and O–H groups in total. The Labute approximate surface area is 350 Å². The van der Waals surface area contributed by atoms with Crippen LogP contribution in [-0.2, 0) is 14.3 Å². The molecular formula is C44H83Cl3N4O3. The number of allylic oxidation sites excluding steroid dienone is 1. The molecule has 4 aliphatic rings. The summed E-state index contributed by atoms with van der Waals surface area (Å²) in [5, 5.41) is 3.44. The van der Waals surface area contributed by atoms with Crippen molar-refractivity contribution < 1.29 is 14.3 Å². The molecule has 4 rings (SSSR count). The van der Waals surface area contributed by atoms with E-state index in [1.165, 1.54) is 51.4 Å². The first kappa shape index (κ1) is 51.4. The van der Waals surface area contributed by atoms with Gasteiger partial charge in [0.2, 0.25) is 5.91 Å². The fourth-order valence-electron chi connectivity index (χ4n) is 11.3. The van der Waals surface area contributed by atoms with E-state index in [9.17, 15) is 9.59 Å². The van der Waals surface area contributed by atoms with Crippen molar-refractivity contribution in [1.29, 1.82) is 0 Å². The quantitative estimate of drug-likeness (QED) is 0.0604. The number of nitrogens with zero attached hydrogens (tertiary/aromatic N) is 1. The Morgan fingerprint density at radius 1 is 0.815 bits per heavy atom. The van der Waals surface area contributed by atoms with E-state index in [-0.39, 0.29) is 72.7 Å². The van der Waals surface area contributed by atoms with Gasteiger partial charge in [-0.3, -0.25) is 9.59 Å². The molecule has 0 heterocycles. The van der Waals surface area contributed by atoms with Gasteiger partial charge in [0.1, 0.15) is 6.10 Å². The number of fused-ring (bicyclic) bond motifs is 5. The highest BCUT2D eigenvalue weighted by molar-refractivity contribution is 5.86. The Hall–Kier alpha value is -0.570. The van der Waals surface area contributed by atoms with Crippen LogP contribution in [0.3, 0.4) is 0 Å². The normalized spacial score (nSPS) is 30.2. The molecule has 0 radical (unpaired) electrons. The zero-order valence-corrected chi connectivity index (χ0v) is 37.8. The van der Waals surface area contributed by atoms with Crippen LogP contribution in [0.1, 0.15) is 164 Å². The second-order valence-corrected chi connectivity index (χ2v) is 18.9. The molecular weight excluding hydrogens is 739 g/mol. The van der Waals surface area contributed by atoms with Crippen molar-refractivity contribution in [2.45, 2.75) is 182 Å². The number of nitrogens with two attached hydrogens (primary N) is 2. The van der Waals surface area contributed by atoms with Crippen LogP contribution in [0, 0.1) is 46.3 Å². The van der Waals surface area contributed by atoms with Crippen LogP contribution in [-0.4, -0.2) is 61.1 Å². The van der Waals surface area contributed by atoms with Crippen molar-refractivity contribution in [3.63, 3.8) is 0 Å². The van der Waals surface area contributed by atoms with Crippen LogP contribution < -0.4 is 16.8 Å². The van der Waals surface area contributed by atoms with E-state index in [0.717, 1.165) is 100 Å². The van der Waals surface area contributed by atoms with Gasteiger partial charge in [0.15, 0.2) is 0 Å². The Morgan fingerprint density at radius 2 is 1.54 bits per heavy atom. The number of hydrogen-bond donors (Lipinski definition) is 3. The fraction of sp³-hybridized carbons (Fsp3) is 0.909. The first-order chi connectivity index (χ1) is 24.2. The Morgan fingerprint density at radius 3 is 2.22 bits per heavy atom. The number of halogens is 3. The number of ether oxygens (including phenoxy) is 1. The Balaban J connectivity index is 0.00000486. The van der Waals surface area contributed by atoms with Crippen LogP contribution in [0.15, 0.2) is 11.6 Å². The second kappa shape index (κ2) is 24.4. The highest BCUT2D eigenvalue weighted by Crippen LogP contribution is 2.67. The Kier molecular flexibility index (Phi) is 23.2. The maximum atomic E-state index is 13.2. The van der Waals surface area contributed by atoms with Crippen LogP contribution in [0.2, 0.25) is 0 Å². The molecule has 3 fully saturated rings. The third-order valence-corrected chi connectivity index (χ3v) is 14.3. The van der Waals surface area contributed by atoms with Gasteiger partial charge < -0.3 is 26.4 Å². The maximum Gasteiger partial charge on any atom is 0.306 e. The summed E-state index contributed by atoms with van der Waals surface area (Å²) in [4.78, 5) is 28.2. The maximum absolute atomic E-state index is 13.2. The summed E-state index contributed by atoms with van der Waals surface area (Å²) >= 11 is 0. The first-order valence-electron chi connectivity index (χ1n) is 21.6. The zero-order valence-electron chi connectivity index (χ0n) is 35.4. The summed E-state index contributed by atoms with van der Waals surface area (Å²) in [6.07, 6.45) is 21.5. The van der Waals surface area contributed by atoms with Crippen molar-refractivity contribution >= 4 is 49.1 Å². The number of carbonyl (C=O) groups excluding carboxylic acids is 2. The molecule has 0 aromatic rings. The van der Waals surface area contributed by atoms with Gasteiger partial charge in [-0.15, -0.1) is 37.2 Å². The van der Waals surface area contributed by atoms with Gasteiger partial charge in [-0.2, -0.15) is 0 Å². The number of amides is 1. The minimum Gasteiger partial charge on any atom is -0.462 e. The molecule has 0 saturated heterocycles. The van der Waals surface area contributed by atoms with Crippen molar-refractivity contribution in [3.05, 3.63) is 11.6 Å². The topological polar surface area (TPSA) is 111 Å². The lowest BCUT2D eigenvalue weighted by atomic mass is 9.47. The SMILES string of the molecule is CC(C)CCC[C@@H](C)C1CCC2C3CC=C4CC(OC(=O)CCCC(=O)N(CCCCNCCC(C)N)CCC(C)N)CCC4(C)C3CCC21C.Cl.Cl.Cl. The van der Waals surface area contributed by atoms with Crippen LogP contribution >= 0.6 is 37.2 Å². The van der Waals surface area contributed by atoms with Gasteiger partial charge in [0.25, 0.3) is 0 Å². The number of hydrogen-bond acceptors (Lipinski definition) is 6. The minimum absolute atomic E-state index is 0. The summed E-state index contributed by atoms with van der Waals surface area (Å²) in [6, 6.07) is 0.276. The number of carbonyl (C=O) groups is 2. The number of rotatable bonds is 21. The molecule has 54 heavy (non-hydrogen) atoms. The number of unbranched alkanes of at least 4 members (excludes halogenated alkanes) is 1. The first-order valence-corrected chi connectivity index (χ1v) is 21.6. The summed E-state index contributed by atoms with van der Waals surface area (Å²) in [5.74, 6) is 4.99. The third kappa shape index (κ3) is 14.1. The summed E-state index contributed by atoms with van der Waals surface area (Å²) in [6.45, 7) is 19.8. The molecule has 10 atom stereocenters. The highest BCUT2D eigenvalue weighted by Gasteiger charge is 2.59. The molecule has 0 spiro atoms. The standard InChI is InChI=1S/C44H80N4O3.3ClH/c1-31(2)12-10-13-32(3)38-18-19-39-37-17-16-35-30-36(20-24-43(35,6)40(37)21-25-44(38,39)7)51-42(50)15-11-14-41(49)48(29-23-34(5)46)28-9-8-26-47-27-22-33(4)45;;;/h16,31-34,36-40,47H,8-15,17-30,45-46H2,1-7H3;3*1H/t32-,33?,34?,36?,37?,38?,39?,40?,43?,44?;;;/m1.../s1. The Bertz CT molecular complexity index is 1140. The lowest BCUT2D eigenvalue weighted by Crippen LogP contribution is -2.51. The highest BCUT2D eigenvalue weighted by atomic mass is 35.5. The van der Waals surface area contributed by atoms with E-state index in [0.29, 0.717) is 31.2 Å². The lowest BCUT2D eigenvalue weighted by molar-refractivity contribution is -0.151. The van der Waals surface area contributed by atoms with E-state index in [1.807, 2.05) is 18.7 Å². The molecule has 318 valence electrons. The molecule has 9 unspecified atom stereocenters. The molecule has 1 amide bonds. The number of esters is 1. The molecule has 4 aliphatic carbocycles. The van der Waals surface area contributed by atoms with Crippen molar-refractivity contribution in [1.82, 2.24) is 10.2 Å². The summed E-state index contributed by atoms with van der Waals surface area (Å²) < 4.78 is 6.11. The fourth-order valence-corrected chi connectivity index (χ4v) is 11.3. The van der Waals surface area contributed by atoms with E-state index in [1.54, 1.807) is 5.57 Å². The monoisotopic (exact) mass is 821 g/mol. The van der Waals surface area contributed by atoms with Gasteiger partial charge in [0, 0.05) is 44.4 Å². The minimum atomic E-state index is -0.140. The van der Waals surface area contributed by atoms with Crippen molar-refractivity contribution in [2.24, 2.45) is 57.8 Å². The summed E-state index contributed by atoms with van der Waals surface area (Å²) in [5.41, 5.74) is 14.2. The second-order valence-electron chi connectivity index (χ2n) is 18.9. The van der Waals surface area contributed by atoms with Gasteiger partial charge in [-0.25, -0.2) is 0 Å². The van der Waals surface area contributed by atoms with Gasteiger partial charge in [-0.05, 0) is 150 Å². The average Bonchev–Trinajstić information content (AvgIpc) is 3.42. The van der Waals surface area contributed by atoms with Gasteiger partial charge in [0.05, 0.1) is 0 Å². The van der Waals surface area contributed by atoms with Crippen molar-refractivity contribution in [3.8, 4) is 0 Å². The van der Waals surface area contributed by atoms with Crippen molar-refractivity contribution in [2.75, 3.05) is 26.2 Å². The van der Waals surface area contributed by atoms with Crippen LogP contribution in [0.25, 0.3) is 0 Å². The molecule has 3 saturated carbocycles. The summed E-state index contributed by atoms with van der Waals surface area (Å²) in [7, 11) is 0. The average molecular weight is 823 g/mol.